The topological polar surface area (TPSA) is 119 Å². The van der Waals surface area contributed by atoms with Crippen LogP contribution in [-0.2, 0) is 14.8 Å². The summed E-state index contributed by atoms with van der Waals surface area (Å²) < 4.78 is 31.0. The lowest BCUT2D eigenvalue weighted by Gasteiger charge is -2.29. The molecule has 1 amide bonds. The second-order valence-corrected chi connectivity index (χ2v) is 8.59. The highest BCUT2D eigenvalue weighted by Gasteiger charge is 2.31. The van der Waals surface area contributed by atoms with Gasteiger partial charge in [0, 0.05) is 17.2 Å². The van der Waals surface area contributed by atoms with E-state index in [2.05, 4.69) is 5.32 Å². The monoisotopic (exact) mass is 441 g/mol. The molecule has 1 atom stereocenters. The summed E-state index contributed by atoms with van der Waals surface area (Å²) in [6.45, 7) is 3.10. The van der Waals surface area contributed by atoms with Crippen LogP contribution in [0, 0.1) is 17.0 Å². The maximum Gasteiger partial charge on any atom is 0.271 e. The normalized spacial score (nSPS) is 12.2. The molecule has 9 nitrogen and oxygen atoms in total. The number of amides is 1. The van der Waals surface area contributed by atoms with E-state index < -0.39 is 26.9 Å². The van der Waals surface area contributed by atoms with Gasteiger partial charge in [-0.2, -0.15) is 0 Å². The number of rotatable bonds is 7. The van der Waals surface area contributed by atoms with Crippen LogP contribution in [0.15, 0.2) is 36.4 Å². The van der Waals surface area contributed by atoms with Crippen molar-refractivity contribution >= 4 is 44.6 Å². The Morgan fingerprint density at radius 2 is 1.93 bits per heavy atom. The number of nitro groups is 1. The zero-order chi connectivity index (χ0) is 21.9. The largest absolute Gasteiger partial charge is 0.495 e. The number of non-ortho nitro benzene ring substituents is 1. The van der Waals surface area contributed by atoms with E-state index in [0.29, 0.717) is 10.6 Å². The predicted octanol–water partition coefficient (Wildman–Crippen LogP) is 3.36. The van der Waals surface area contributed by atoms with Crippen LogP contribution in [0.1, 0.15) is 12.5 Å². The summed E-state index contributed by atoms with van der Waals surface area (Å²) in [7, 11) is -2.51. The molecule has 1 N–H and O–H groups in total. The number of anilines is 2. The lowest BCUT2D eigenvalue weighted by atomic mass is 10.1. The van der Waals surface area contributed by atoms with E-state index >= 15 is 0 Å². The summed E-state index contributed by atoms with van der Waals surface area (Å²) in [5.74, 6) is -0.505. The Labute approximate surface area is 173 Å². The van der Waals surface area contributed by atoms with Crippen LogP contribution in [0.25, 0.3) is 0 Å². The SMILES string of the molecule is COc1ccc([N+](=O)[O-])cc1NC(=O)[C@H](C)N(c1cc(Cl)ccc1C)S(C)(=O)=O. The molecular formula is C18H20ClN3O6S. The predicted molar refractivity (Wildman–Crippen MR) is 111 cm³/mol. The minimum atomic E-state index is -3.86. The quantitative estimate of drug-likeness (QED) is 0.519. The molecular weight excluding hydrogens is 422 g/mol. The first-order valence-electron chi connectivity index (χ1n) is 8.34. The number of benzene rings is 2. The minimum Gasteiger partial charge on any atom is -0.495 e. The van der Waals surface area contributed by atoms with Gasteiger partial charge >= 0.3 is 0 Å². The number of ether oxygens (including phenoxy) is 1. The van der Waals surface area contributed by atoms with Crippen molar-refractivity contribution in [1.29, 1.82) is 0 Å². The second-order valence-electron chi connectivity index (χ2n) is 6.30. The fourth-order valence-electron chi connectivity index (χ4n) is 2.75. The van der Waals surface area contributed by atoms with Crippen LogP contribution < -0.4 is 14.4 Å². The van der Waals surface area contributed by atoms with Gasteiger partial charge in [-0.1, -0.05) is 17.7 Å². The van der Waals surface area contributed by atoms with Gasteiger partial charge in [-0.15, -0.1) is 0 Å². The first-order chi connectivity index (χ1) is 13.5. The average molecular weight is 442 g/mol. The smallest absolute Gasteiger partial charge is 0.271 e. The highest BCUT2D eigenvalue weighted by atomic mass is 35.5. The molecule has 0 aliphatic heterocycles. The Morgan fingerprint density at radius 3 is 2.48 bits per heavy atom. The molecule has 0 spiro atoms. The molecule has 0 aliphatic carbocycles. The molecule has 0 bridgehead atoms. The zero-order valence-corrected chi connectivity index (χ0v) is 17.7. The Morgan fingerprint density at radius 1 is 1.28 bits per heavy atom. The lowest BCUT2D eigenvalue weighted by molar-refractivity contribution is -0.384. The molecule has 0 saturated carbocycles. The molecule has 2 rings (SSSR count). The van der Waals surface area contributed by atoms with Crippen molar-refractivity contribution in [1.82, 2.24) is 0 Å². The van der Waals surface area contributed by atoms with Crippen molar-refractivity contribution in [3.63, 3.8) is 0 Å². The van der Waals surface area contributed by atoms with Gasteiger partial charge < -0.3 is 10.1 Å². The van der Waals surface area contributed by atoms with E-state index in [1.807, 2.05) is 0 Å². The van der Waals surface area contributed by atoms with Crippen LogP contribution in [0.5, 0.6) is 5.75 Å². The number of hydrogen-bond acceptors (Lipinski definition) is 6. The van der Waals surface area contributed by atoms with Gasteiger partial charge in [0.05, 0.1) is 29.7 Å². The minimum absolute atomic E-state index is 0.0508. The van der Waals surface area contributed by atoms with Crippen molar-refractivity contribution in [3.05, 3.63) is 57.1 Å². The Kier molecular flexibility index (Phi) is 6.70. The van der Waals surface area contributed by atoms with Crippen LogP contribution in [0.4, 0.5) is 17.1 Å². The number of halogens is 1. The first kappa shape index (κ1) is 22.4. The molecule has 0 saturated heterocycles. The molecule has 0 fully saturated rings. The van der Waals surface area contributed by atoms with Crippen LogP contribution in [0.3, 0.4) is 0 Å². The Balaban J connectivity index is 2.44. The summed E-state index contributed by atoms with van der Waals surface area (Å²) in [6.07, 6.45) is 0.977. The van der Waals surface area contributed by atoms with Gasteiger partial charge in [-0.05, 0) is 37.6 Å². The number of sulfonamides is 1. The maximum atomic E-state index is 12.8. The third kappa shape index (κ3) is 5.15. The van der Waals surface area contributed by atoms with E-state index in [9.17, 15) is 23.3 Å². The number of methoxy groups -OCH3 is 1. The number of carbonyl (C=O) groups excluding carboxylic acids is 1. The van der Waals surface area contributed by atoms with E-state index in [1.54, 1.807) is 19.1 Å². The number of nitrogens with zero attached hydrogens (tertiary/aromatic N) is 2. The number of nitrogens with one attached hydrogen (secondary N) is 1. The Bertz CT molecular complexity index is 1060. The van der Waals surface area contributed by atoms with Crippen molar-refractivity contribution < 1.29 is 22.9 Å². The van der Waals surface area contributed by atoms with Gasteiger partial charge in [0.15, 0.2) is 0 Å². The summed E-state index contributed by atoms with van der Waals surface area (Å²) >= 11 is 6.01. The molecule has 0 unspecified atom stereocenters. The number of hydrogen-bond donors (Lipinski definition) is 1. The summed E-state index contributed by atoms with van der Waals surface area (Å²) in [5, 5.41) is 13.8. The van der Waals surface area contributed by atoms with Crippen LogP contribution in [0.2, 0.25) is 5.02 Å². The second kappa shape index (κ2) is 8.66. The van der Waals surface area contributed by atoms with E-state index in [-0.39, 0.29) is 22.8 Å². The molecule has 0 heterocycles. The van der Waals surface area contributed by atoms with Crippen LogP contribution in [-0.4, -0.2) is 38.7 Å². The Hall–Kier alpha value is -2.85. The standard InChI is InChI=1S/C18H20ClN3O6S/c1-11-5-6-13(19)9-16(11)21(29(4,26)27)12(2)18(23)20-15-10-14(22(24)25)7-8-17(15)28-3/h5-10,12H,1-4H3,(H,20,23)/t12-/m0/s1. The average Bonchev–Trinajstić information content (AvgIpc) is 2.63. The lowest BCUT2D eigenvalue weighted by Crippen LogP contribution is -2.45. The zero-order valence-electron chi connectivity index (χ0n) is 16.2. The van der Waals surface area contributed by atoms with Gasteiger partial charge in [0.25, 0.3) is 5.69 Å². The fourth-order valence-corrected chi connectivity index (χ4v) is 4.14. The van der Waals surface area contributed by atoms with Crippen molar-refractivity contribution in [2.24, 2.45) is 0 Å². The number of nitro benzene ring substituents is 1. The van der Waals surface area contributed by atoms with Gasteiger partial charge in [0.2, 0.25) is 15.9 Å². The van der Waals surface area contributed by atoms with Crippen molar-refractivity contribution in [2.75, 3.05) is 23.0 Å². The number of carbonyl (C=O) groups is 1. The first-order valence-corrected chi connectivity index (χ1v) is 10.6. The highest BCUT2D eigenvalue weighted by molar-refractivity contribution is 7.92. The molecule has 2 aromatic rings. The van der Waals surface area contributed by atoms with E-state index in [0.717, 1.165) is 16.6 Å². The van der Waals surface area contributed by atoms with E-state index in [1.165, 1.54) is 32.2 Å². The highest BCUT2D eigenvalue weighted by Crippen LogP contribution is 2.31. The summed E-state index contributed by atoms with van der Waals surface area (Å²) in [5.41, 5.74) is 0.662. The third-order valence-corrected chi connectivity index (χ3v) is 5.61. The molecule has 0 aliphatic rings. The molecule has 0 radical (unpaired) electrons. The van der Waals surface area contributed by atoms with Crippen molar-refractivity contribution in [3.8, 4) is 5.75 Å². The van der Waals surface area contributed by atoms with E-state index in [4.69, 9.17) is 16.3 Å². The third-order valence-electron chi connectivity index (χ3n) is 4.15. The maximum absolute atomic E-state index is 12.8. The number of aryl methyl sites for hydroxylation is 1. The molecule has 2 aromatic carbocycles. The van der Waals surface area contributed by atoms with Gasteiger partial charge in [-0.3, -0.25) is 19.2 Å². The van der Waals surface area contributed by atoms with Crippen molar-refractivity contribution in [2.45, 2.75) is 19.9 Å². The molecule has 11 heteroatoms. The molecule has 0 aromatic heterocycles. The summed E-state index contributed by atoms with van der Waals surface area (Å²) in [4.78, 5) is 23.2. The summed E-state index contributed by atoms with van der Waals surface area (Å²) in [6, 6.07) is 7.24. The molecule has 29 heavy (non-hydrogen) atoms. The fraction of sp³-hybridized carbons (Fsp3) is 0.278. The van der Waals surface area contributed by atoms with Gasteiger partial charge in [0.1, 0.15) is 11.8 Å². The van der Waals surface area contributed by atoms with Crippen LogP contribution >= 0.6 is 11.6 Å². The molecule has 156 valence electrons. The van der Waals surface area contributed by atoms with Gasteiger partial charge in [-0.25, -0.2) is 8.42 Å².